The lowest BCUT2D eigenvalue weighted by Crippen LogP contribution is -2.57. The van der Waals surface area contributed by atoms with Gasteiger partial charge in [0.25, 0.3) is 0 Å². The Morgan fingerprint density at radius 2 is 1.45 bits per heavy atom. The molecule has 2 aromatic rings. The third kappa shape index (κ3) is 10.4. The lowest BCUT2D eigenvalue weighted by molar-refractivity contribution is -0.139. The smallest absolute Gasteiger partial charge is 0.407 e. The fourth-order valence-electron chi connectivity index (χ4n) is 5.29. The van der Waals surface area contributed by atoms with Crippen molar-refractivity contribution < 1.29 is 48.5 Å². The largest absolute Gasteiger partial charge is 0.481 e. The number of hydrogen-bond donors (Lipinski definition) is 5. The lowest BCUT2D eigenvalue weighted by atomic mass is 9.97. The second kappa shape index (κ2) is 17.5. The van der Waals surface area contributed by atoms with Gasteiger partial charge in [-0.15, -0.1) is 0 Å². The Morgan fingerprint density at radius 1 is 0.830 bits per heavy atom. The van der Waals surface area contributed by atoms with Crippen LogP contribution in [0.4, 0.5) is 4.79 Å². The summed E-state index contributed by atoms with van der Waals surface area (Å²) in [5.74, 6) is -5.40. The number of rotatable bonds is 17. The molecule has 0 aliphatic heterocycles. The molecule has 47 heavy (non-hydrogen) atoms. The van der Waals surface area contributed by atoms with E-state index in [0.717, 1.165) is 28.3 Å². The maximum Gasteiger partial charge on any atom is 0.407 e. The predicted octanol–water partition coefficient (Wildman–Crippen LogP) is 3.37. The normalized spacial score (nSPS) is 14.5. The number of hydrogen-bond acceptors (Lipinski definition) is 8. The van der Waals surface area contributed by atoms with Gasteiger partial charge in [0.2, 0.25) is 11.8 Å². The van der Waals surface area contributed by atoms with Crippen LogP contribution in [0.25, 0.3) is 11.1 Å². The van der Waals surface area contributed by atoms with Gasteiger partial charge in [-0.05, 0) is 41.5 Å². The SMILES string of the molecule is CCOC(=O)/C=C/[C@H](CC(=O)O)NC(=O)[C@@H](NC(=O)[C@H](CCC(=O)O)NC(=O)OCC1c2ccccc2-c2ccccc21)C(C)CC. The zero-order valence-electron chi connectivity index (χ0n) is 26.6. The van der Waals surface area contributed by atoms with Crippen LogP contribution in [0.3, 0.4) is 0 Å². The molecule has 1 unspecified atom stereocenters. The topological polar surface area (TPSA) is 197 Å². The number of aliphatic carboxylic acids is 2. The minimum absolute atomic E-state index is 0.0324. The molecule has 3 amide bonds. The van der Waals surface area contributed by atoms with Gasteiger partial charge in [-0.3, -0.25) is 19.2 Å². The number of ether oxygens (including phenoxy) is 2. The molecule has 0 saturated heterocycles. The number of esters is 1. The summed E-state index contributed by atoms with van der Waals surface area (Å²) < 4.78 is 10.3. The molecule has 0 aromatic heterocycles. The molecular weight excluding hydrogens is 610 g/mol. The Labute approximate surface area is 272 Å². The van der Waals surface area contributed by atoms with Gasteiger partial charge in [0.15, 0.2) is 0 Å². The zero-order chi connectivity index (χ0) is 34.5. The molecule has 1 aliphatic carbocycles. The molecule has 4 atom stereocenters. The Hall–Kier alpha value is -5.20. The van der Waals surface area contributed by atoms with Crippen molar-refractivity contribution in [2.24, 2.45) is 5.92 Å². The number of carbonyl (C=O) groups is 6. The number of carboxylic acid groups (broad SMARTS) is 2. The van der Waals surface area contributed by atoms with E-state index in [-0.39, 0.29) is 25.6 Å². The maximum absolute atomic E-state index is 13.4. The van der Waals surface area contributed by atoms with Gasteiger partial charge in [-0.1, -0.05) is 74.9 Å². The highest BCUT2D eigenvalue weighted by atomic mass is 16.5. The van der Waals surface area contributed by atoms with Crippen LogP contribution in [0.1, 0.15) is 63.5 Å². The van der Waals surface area contributed by atoms with Crippen LogP contribution in [-0.2, 0) is 33.4 Å². The number of carboxylic acids is 2. The fraction of sp³-hybridized carbons (Fsp3) is 0.412. The summed E-state index contributed by atoms with van der Waals surface area (Å²) in [6, 6.07) is 11.9. The number of fused-ring (bicyclic) bond motifs is 3. The number of benzene rings is 2. The second-order valence-electron chi connectivity index (χ2n) is 11.2. The van der Waals surface area contributed by atoms with Crippen LogP contribution in [0, 0.1) is 5.92 Å². The quantitative estimate of drug-likeness (QED) is 0.125. The summed E-state index contributed by atoms with van der Waals surface area (Å²) in [6.45, 7) is 5.15. The average molecular weight is 652 g/mol. The summed E-state index contributed by atoms with van der Waals surface area (Å²) in [6.07, 6.45) is 0.397. The van der Waals surface area contributed by atoms with E-state index in [0.29, 0.717) is 6.42 Å². The van der Waals surface area contributed by atoms with Crippen molar-refractivity contribution in [3.05, 3.63) is 71.8 Å². The van der Waals surface area contributed by atoms with Crippen molar-refractivity contribution in [2.75, 3.05) is 13.2 Å². The Balaban J connectivity index is 1.72. The van der Waals surface area contributed by atoms with E-state index in [4.69, 9.17) is 9.47 Å². The third-order valence-corrected chi connectivity index (χ3v) is 7.87. The first kappa shape index (κ1) is 36.3. The highest BCUT2D eigenvalue weighted by Gasteiger charge is 2.33. The van der Waals surface area contributed by atoms with E-state index in [1.54, 1.807) is 20.8 Å². The van der Waals surface area contributed by atoms with Crippen molar-refractivity contribution in [3.8, 4) is 11.1 Å². The van der Waals surface area contributed by atoms with E-state index in [1.165, 1.54) is 6.08 Å². The molecule has 0 bridgehead atoms. The summed E-state index contributed by atoms with van der Waals surface area (Å²) >= 11 is 0. The summed E-state index contributed by atoms with van der Waals surface area (Å²) in [5.41, 5.74) is 4.05. The molecule has 13 heteroatoms. The van der Waals surface area contributed by atoms with Crippen LogP contribution in [-0.4, -0.2) is 77.4 Å². The number of alkyl carbamates (subject to hydrolysis) is 1. The number of amides is 3. The zero-order valence-corrected chi connectivity index (χ0v) is 26.6. The van der Waals surface area contributed by atoms with E-state index in [9.17, 15) is 39.0 Å². The van der Waals surface area contributed by atoms with Gasteiger partial charge in [-0.2, -0.15) is 0 Å². The molecule has 0 saturated carbocycles. The van der Waals surface area contributed by atoms with E-state index >= 15 is 0 Å². The molecule has 0 heterocycles. The molecule has 3 rings (SSSR count). The number of carbonyl (C=O) groups excluding carboxylic acids is 4. The minimum atomic E-state index is -1.36. The molecule has 252 valence electrons. The number of nitrogens with one attached hydrogen (secondary N) is 3. The van der Waals surface area contributed by atoms with Gasteiger partial charge >= 0.3 is 24.0 Å². The Kier molecular flexibility index (Phi) is 13.5. The molecule has 5 N–H and O–H groups in total. The van der Waals surface area contributed by atoms with Crippen molar-refractivity contribution in [3.63, 3.8) is 0 Å². The standard InChI is InChI=1S/C34H41N3O10/c1-4-20(3)31(33(44)35-21(18-29(40)41)14-17-30(42)46-5-2)37-32(43)27(15-16-28(38)39)36-34(45)47-19-26-24-12-8-6-10-22(24)23-11-7-9-13-25(23)26/h6-14,17,20-21,26-27,31H,4-5,15-16,18-19H2,1-3H3,(H,35,44)(H,36,45)(H,37,43)(H,38,39)(H,40,41)/b17-14+/t20?,21-,27+,31+/m1/s1. The first-order valence-corrected chi connectivity index (χ1v) is 15.5. The predicted molar refractivity (Wildman–Crippen MR) is 170 cm³/mol. The Morgan fingerprint density at radius 3 is 2.00 bits per heavy atom. The lowest BCUT2D eigenvalue weighted by Gasteiger charge is -2.27. The van der Waals surface area contributed by atoms with Crippen molar-refractivity contribution in [1.82, 2.24) is 16.0 Å². The van der Waals surface area contributed by atoms with Gasteiger partial charge in [0.1, 0.15) is 18.7 Å². The molecule has 1 aliphatic rings. The van der Waals surface area contributed by atoms with Crippen molar-refractivity contribution in [2.45, 2.75) is 70.5 Å². The van der Waals surface area contributed by atoms with E-state index < -0.39 is 72.7 Å². The minimum Gasteiger partial charge on any atom is -0.481 e. The van der Waals surface area contributed by atoms with Crippen LogP contribution < -0.4 is 16.0 Å². The van der Waals surface area contributed by atoms with Crippen molar-refractivity contribution in [1.29, 1.82) is 0 Å². The summed E-state index contributed by atoms with van der Waals surface area (Å²) in [7, 11) is 0. The second-order valence-corrected chi connectivity index (χ2v) is 11.2. The highest BCUT2D eigenvalue weighted by Crippen LogP contribution is 2.44. The summed E-state index contributed by atoms with van der Waals surface area (Å²) in [5, 5.41) is 26.1. The van der Waals surface area contributed by atoms with Crippen LogP contribution in [0.5, 0.6) is 0 Å². The molecule has 0 spiro atoms. The van der Waals surface area contributed by atoms with Crippen LogP contribution in [0.15, 0.2) is 60.7 Å². The monoisotopic (exact) mass is 651 g/mol. The van der Waals surface area contributed by atoms with Gasteiger partial charge < -0.3 is 35.6 Å². The van der Waals surface area contributed by atoms with Crippen LogP contribution >= 0.6 is 0 Å². The first-order chi connectivity index (χ1) is 22.4. The maximum atomic E-state index is 13.4. The molecule has 0 radical (unpaired) electrons. The van der Waals surface area contributed by atoms with E-state index in [2.05, 4.69) is 16.0 Å². The fourth-order valence-corrected chi connectivity index (χ4v) is 5.29. The van der Waals surface area contributed by atoms with Crippen molar-refractivity contribution >= 4 is 35.8 Å². The van der Waals surface area contributed by atoms with Gasteiger partial charge in [0, 0.05) is 18.4 Å². The van der Waals surface area contributed by atoms with Crippen LogP contribution in [0.2, 0.25) is 0 Å². The first-order valence-electron chi connectivity index (χ1n) is 15.5. The molecule has 2 aromatic carbocycles. The van der Waals surface area contributed by atoms with Gasteiger partial charge in [-0.25, -0.2) is 9.59 Å². The Bertz CT molecular complexity index is 1440. The summed E-state index contributed by atoms with van der Waals surface area (Å²) in [4.78, 5) is 74.3. The average Bonchev–Trinajstić information content (AvgIpc) is 3.36. The third-order valence-electron chi connectivity index (χ3n) is 7.87. The van der Waals surface area contributed by atoms with Gasteiger partial charge in [0.05, 0.1) is 19.1 Å². The van der Waals surface area contributed by atoms with E-state index in [1.807, 2.05) is 48.5 Å². The molecule has 0 fully saturated rings. The molecule has 13 nitrogen and oxygen atoms in total. The molecular formula is C34H41N3O10. The highest BCUT2D eigenvalue weighted by molar-refractivity contribution is 5.92.